The molecule has 2 aromatic rings. The standard InChI is InChI=1S/C14H18N4O2/c1-20-12-3-2-10-13(17-12)11(4-6-16-10)18-7-5-14(19,8-15)9-18/h2-4,6,19H,5,7-9,15H2,1H3. The fourth-order valence-electron chi connectivity index (χ4n) is 2.59. The number of anilines is 1. The largest absolute Gasteiger partial charge is 0.481 e. The molecule has 3 N–H and O–H groups in total. The summed E-state index contributed by atoms with van der Waals surface area (Å²) in [4.78, 5) is 10.9. The van der Waals surface area contributed by atoms with E-state index in [9.17, 15) is 5.11 Å². The van der Waals surface area contributed by atoms with Crippen LogP contribution in [-0.4, -0.2) is 47.4 Å². The van der Waals surface area contributed by atoms with Crippen molar-refractivity contribution in [3.05, 3.63) is 24.4 Å². The van der Waals surface area contributed by atoms with Gasteiger partial charge >= 0.3 is 0 Å². The summed E-state index contributed by atoms with van der Waals surface area (Å²) in [6.07, 6.45) is 2.42. The number of aromatic nitrogens is 2. The second kappa shape index (κ2) is 4.88. The summed E-state index contributed by atoms with van der Waals surface area (Å²) in [7, 11) is 1.59. The van der Waals surface area contributed by atoms with Gasteiger partial charge in [0.2, 0.25) is 5.88 Å². The van der Waals surface area contributed by atoms with Crippen molar-refractivity contribution in [2.75, 3.05) is 31.6 Å². The Hall–Kier alpha value is -1.92. The zero-order chi connectivity index (χ0) is 14.2. The molecule has 6 heteroatoms. The van der Waals surface area contributed by atoms with Gasteiger partial charge in [0.25, 0.3) is 0 Å². The molecule has 3 heterocycles. The van der Waals surface area contributed by atoms with Gasteiger partial charge in [-0.3, -0.25) is 4.98 Å². The monoisotopic (exact) mass is 274 g/mol. The molecule has 20 heavy (non-hydrogen) atoms. The van der Waals surface area contributed by atoms with E-state index in [0.717, 1.165) is 23.3 Å². The maximum absolute atomic E-state index is 10.3. The van der Waals surface area contributed by atoms with Crippen LogP contribution < -0.4 is 15.4 Å². The number of fused-ring (bicyclic) bond motifs is 1. The predicted molar refractivity (Wildman–Crippen MR) is 76.9 cm³/mol. The maximum Gasteiger partial charge on any atom is 0.213 e. The van der Waals surface area contributed by atoms with Crippen LogP contribution in [0.25, 0.3) is 11.0 Å². The zero-order valence-electron chi connectivity index (χ0n) is 11.4. The molecule has 1 saturated heterocycles. The van der Waals surface area contributed by atoms with Gasteiger partial charge in [-0.2, -0.15) is 0 Å². The van der Waals surface area contributed by atoms with Crippen molar-refractivity contribution < 1.29 is 9.84 Å². The van der Waals surface area contributed by atoms with Crippen LogP contribution in [0.1, 0.15) is 6.42 Å². The van der Waals surface area contributed by atoms with Crippen molar-refractivity contribution >= 4 is 16.7 Å². The Labute approximate surface area is 117 Å². The highest BCUT2D eigenvalue weighted by atomic mass is 16.5. The van der Waals surface area contributed by atoms with E-state index in [2.05, 4.69) is 14.9 Å². The average molecular weight is 274 g/mol. The molecule has 0 spiro atoms. The van der Waals surface area contributed by atoms with Crippen LogP contribution in [0, 0.1) is 0 Å². The van der Waals surface area contributed by atoms with Gasteiger partial charge in [0, 0.05) is 31.9 Å². The molecule has 1 atom stereocenters. The van der Waals surface area contributed by atoms with Gasteiger partial charge < -0.3 is 20.5 Å². The third-order valence-electron chi connectivity index (χ3n) is 3.80. The van der Waals surface area contributed by atoms with Crippen LogP contribution in [-0.2, 0) is 0 Å². The molecule has 0 bridgehead atoms. The van der Waals surface area contributed by atoms with Crippen LogP contribution in [0.2, 0.25) is 0 Å². The number of β-amino-alcohol motifs (C(OH)–C–C–N with tert-alkyl or cyclic N) is 1. The van der Waals surface area contributed by atoms with Gasteiger partial charge in [-0.05, 0) is 18.6 Å². The second-order valence-corrected chi connectivity index (χ2v) is 5.15. The molecule has 1 unspecified atom stereocenters. The minimum Gasteiger partial charge on any atom is -0.481 e. The fraction of sp³-hybridized carbons (Fsp3) is 0.429. The number of rotatable bonds is 3. The lowest BCUT2D eigenvalue weighted by atomic mass is 10.0. The Morgan fingerprint density at radius 1 is 1.45 bits per heavy atom. The van der Waals surface area contributed by atoms with E-state index in [4.69, 9.17) is 10.5 Å². The SMILES string of the molecule is COc1ccc2nccc(N3CCC(O)(CN)C3)c2n1. The molecule has 0 radical (unpaired) electrons. The molecule has 6 nitrogen and oxygen atoms in total. The van der Waals surface area contributed by atoms with Crippen LogP contribution in [0.4, 0.5) is 5.69 Å². The van der Waals surface area contributed by atoms with Crippen LogP contribution in [0.15, 0.2) is 24.4 Å². The maximum atomic E-state index is 10.3. The van der Waals surface area contributed by atoms with Crippen molar-refractivity contribution in [3.8, 4) is 5.88 Å². The van der Waals surface area contributed by atoms with E-state index in [1.165, 1.54) is 0 Å². The first kappa shape index (κ1) is 13.1. The van der Waals surface area contributed by atoms with E-state index in [0.29, 0.717) is 18.8 Å². The average Bonchev–Trinajstić information content (AvgIpc) is 2.89. The van der Waals surface area contributed by atoms with Crippen LogP contribution >= 0.6 is 0 Å². The van der Waals surface area contributed by atoms with Crippen molar-refractivity contribution in [1.82, 2.24) is 9.97 Å². The van der Waals surface area contributed by atoms with Gasteiger partial charge in [-0.25, -0.2) is 4.98 Å². The van der Waals surface area contributed by atoms with Gasteiger partial charge in [0.1, 0.15) is 5.52 Å². The minimum atomic E-state index is -0.811. The van der Waals surface area contributed by atoms with Crippen molar-refractivity contribution in [2.45, 2.75) is 12.0 Å². The van der Waals surface area contributed by atoms with Gasteiger partial charge in [-0.1, -0.05) is 0 Å². The van der Waals surface area contributed by atoms with E-state index in [1.807, 2.05) is 12.1 Å². The number of methoxy groups -OCH3 is 1. The first-order chi connectivity index (χ1) is 9.65. The van der Waals surface area contributed by atoms with Gasteiger partial charge in [0.15, 0.2) is 0 Å². The fourth-order valence-corrected chi connectivity index (χ4v) is 2.59. The molecule has 0 aliphatic carbocycles. The first-order valence-corrected chi connectivity index (χ1v) is 6.62. The smallest absolute Gasteiger partial charge is 0.213 e. The summed E-state index contributed by atoms with van der Waals surface area (Å²) >= 11 is 0. The third-order valence-corrected chi connectivity index (χ3v) is 3.80. The Bertz CT molecular complexity index is 634. The lowest BCUT2D eigenvalue weighted by molar-refractivity contribution is 0.0726. The van der Waals surface area contributed by atoms with Crippen molar-refractivity contribution in [1.29, 1.82) is 0 Å². The van der Waals surface area contributed by atoms with Crippen LogP contribution in [0.3, 0.4) is 0 Å². The predicted octanol–water partition coefficient (Wildman–Crippen LogP) is 0.538. The molecule has 2 aromatic heterocycles. The molecule has 1 aliphatic rings. The van der Waals surface area contributed by atoms with E-state index < -0.39 is 5.60 Å². The Morgan fingerprint density at radius 2 is 2.30 bits per heavy atom. The molecule has 1 fully saturated rings. The normalized spacial score (nSPS) is 22.4. The number of aliphatic hydroxyl groups is 1. The highest BCUT2D eigenvalue weighted by Crippen LogP contribution is 2.31. The number of pyridine rings is 2. The quantitative estimate of drug-likeness (QED) is 0.849. The topological polar surface area (TPSA) is 84.5 Å². The molecule has 106 valence electrons. The summed E-state index contributed by atoms with van der Waals surface area (Å²) in [5.41, 5.74) is 7.38. The van der Waals surface area contributed by atoms with E-state index >= 15 is 0 Å². The summed E-state index contributed by atoms with van der Waals surface area (Å²) in [5.74, 6) is 0.556. The minimum absolute atomic E-state index is 0.267. The summed E-state index contributed by atoms with van der Waals surface area (Å²) in [6.45, 7) is 1.54. The van der Waals surface area contributed by atoms with Crippen molar-refractivity contribution in [2.24, 2.45) is 5.73 Å². The third kappa shape index (κ3) is 2.17. The molecule has 0 saturated carbocycles. The number of hydrogen-bond acceptors (Lipinski definition) is 6. The van der Waals surface area contributed by atoms with Gasteiger partial charge in [-0.15, -0.1) is 0 Å². The molecule has 0 aromatic carbocycles. The molecular formula is C14H18N4O2. The van der Waals surface area contributed by atoms with E-state index in [1.54, 1.807) is 19.4 Å². The number of nitrogens with two attached hydrogens (primary N) is 1. The number of ether oxygens (including phenoxy) is 1. The first-order valence-electron chi connectivity index (χ1n) is 6.62. The molecule has 3 rings (SSSR count). The number of hydrogen-bond donors (Lipinski definition) is 2. The summed E-state index contributed by atoms with van der Waals surface area (Å²) < 4.78 is 5.18. The van der Waals surface area contributed by atoms with Gasteiger partial charge in [0.05, 0.1) is 23.9 Å². The Morgan fingerprint density at radius 3 is 3.00 bits per heavy atom. The molecular weight excluding hydrogens is 256 g/mol. The zero-order valence-corrected chi connectivity index (χ0v) is 11.4. The van der Waals surface area contributed by atoms with Crippen LogP contribution in [0.5, 0.6) is 5.88 Å². The molecule has 1 aliphatic heterocycles. The van der Waals surface area contributed by atoms with E-state index in [-0.39, 0.29) is 6.54 Å². The highest BCUT2D eigenvalue weighted by Gasteiger charge is 2.35. The molecule has 0 amide bonds. The Balaban J connectivity index is 2.03. The summed E-state index contributed by atoms with van der Waals surface area (Å²) in [5, 5.41) is 10.3. The Kier molecular flexibility index (Phi) is 3.19. The number of nitrogens with zero attached hydrogens (tertiary/aromatic N) is 3. The van der Waals surface area contributed by atoms with Crippen molar-refractivity contribution in [3.63, 3.8) is 0 Å². The lowest BCUT2D eigenvalue weighted by Gasteiger charge is -2.23. The summed E-state index contributed by atoms with van der Waals surface area (Å²) in [6, 6.07) is 5.59. The second-order valence-electron chi connectivity index (χ2n) is 5.15. The highest BCUT2D eigenvalue weighted by molar-refractivity contribution is 5.88. The lowest BCUT2D eigenvalue weighted by Crippen LogP contribution is -2.40.